The third kappa shape index (κ3) is 5.11. The molecule has 1 fully saturated rings. The van der Waals surface area contributed by atoms with Crippen LogP contribution in [-0.4, -0.2) is 121 Å². The van der Waals surface area contributed by atoms with Crippen LogP contribution in [0.25, 0.3) is 0 Å². The van der Waals surface area contributed by atoms with Gasteiger partial charge in [-0.2, -0.15) is 0 Å². The van der Waals surface area contributed by atoms with Gasteiger partial charge in [-0.1, -0.05) is 0 Å². The van der Waals surface area contributed by atoms with Crippen LogP contribution in [-0.2, 0) is 14.3 Å². The molecule has 1 heterocycles. The zero-order chi connectivity index (χ0) is 17.7. The van der Waals surface area contributed by atoms with Gasteiger partial charge in [0, 0.05) is 0 Å². The number of hydrogen-bond donors (Lipinski definition) is 8. The Bertz CT molecular complexity index is 366. The van der Waals surface area contributed by atoms with Gasteiger partial charge in [-0.3, -0.25) is 0 Å². The van der Waals surface area contributed by atoms with E-state index >= 15 is 0 Å². The van der Waals surface area contributed by atoms with E-state index in [4.69, 9.17) is 19.7 Å². The molecule has 1 aliphatic heterocycles. The zero-order valence-electron chi connectivity index (χ0n) is 12.5. The standard InChI is InChI=1S/C12H22O11.H2O/c13-1-4(16)7(18)11(5(17)2-14)23-12-10(21)9(20)8(19)6(3-15)22-12;/h1,4-12,14-21H,2-3H2;1H2/t4?,5?,6-,7?,8+,9+,10-,11?,12+;/m1./s1. The van der Waals surface area contributed by atoms with Gasteiger partial charge in [0.1, 0.15) is 48.8 Å². The molecule has 1 rings (SSSR count). The summed E-state index contributed by atoms with van der Waals surface area (Å²) in [6.45, 7) is -1.64. The van der Waals surface area contributed by atoms with E-state index in [2.05, 4.69) is 0 Å². The molecule has 0 aromatic rings. The summed E-state index contributed by atoms with van der Waals surface area (Å²) in [5, 5.41) is 75.7. The van der Waals surface area contributed by atoms with Crippen LogP contribution in [0.5, 0.6) is 0 Å². The lowest BCUT2D eigenvalue weighted by Crippen LogP contribution is -2.61. The molecular formula is C12H24O12. The topological polar surface area (TPSA) is 229 Å². The predicted octanol–water partition coefficient (Wildman–Crippen LogP) is -6.38. The smallest absolute Gasteiger partial charge is 0.187 e. The van der Waals surface area contributed by atoms with E-state index in [0.29, 0.717) is 0 Å². The molecule has 0 aromatic heterocycles. The third-order valence-electron chi connectivity index (χ3n) is 3.53. The van der Waals surface area contributed by atoms with Crippen LogP contribution in [0.1, 0.15) is 0 Å². The predicted molar refractivity (Wildman–Crippen MR) is 73.4 cm³/mol. The summed E-state index contributed by atoms with van der Waals surface area (Å²) in [6.07, 6.45) is -15.7. The molecule has 0 radical (unpaired) electrons. The molecule has 0 amide bonds. The first-order valence-corrected chi connectivity index (χ1v) is 6.84. The Hall–Kier alpha value is -0.770. The van der Waals surface area contributed by atoms with Crippen LogP contribution in [0.3, 0.4) is 0 Å². The molecule has 0 aromatic carbocycles. The minimum Gasteiger partial charge on any atom is -0.412 e. The molecule has 0 aliphatic carbocycles. The quantitative estimate of drug-likeness (QED) is 0.190. The minimum absolute atomic E-state index is 0. The second-order valence-corrected chi connectivity index (χ2v) is 5.17. The molecule has 144 valence electrons. The molecule has 4 unspecified atom stereocenters. The second kappa shape index (κ2) is 10.3. The molecule has 0 bridgehead atoms. The monoisotopic (exact) mass is 360 g/mol. The summed E-state index contributed by atoms with van der Waals surface area (Å²) in [5.74, 6) is 0. The third-order valence-corrected chi connectivity index (χ3v) is 3.53. The molecule has 1 aliphatic rings. The van der Waals surface area contributed by atoms with E-state index in [1.165, 1.54) is 0 Å². The summed E-state index contributed by atoms with van der Waals surface area (Å²) in [4.78, 5) is 10.5. The van der Waals surface area contributed by atoms with Crippen molar-refractivity contribution in [3.63, 3.8) is 0 Å². The van der Waals surface area contributed by atoms with Gasteiger partial charge in [-0.25, -0.2) is 0 Å². The number of aliphatic hydroxyl groups excluding tert-OH is 8. The van der Waals surface area contributed by atoms with Gasteiger partial charge in [-0.05, 0) is 0 Å². The number of aldehydes is 1. The molecule has 1 saturated heterocycles. The summed E-state index contributed by atoms with van der Waals surface area (Å²) in [6, 6.07) is 0. The van der Waals surface area contributed by atoms with Crippen LogP contribution in [0.2, 0.25) is 0 Å². The Morgan fingerprint density at radius 2 is 1.62 bits per heavy atom. The highest BCUT2D eigenvalue weighted by atomic mass is 16.7. The average Bonchev–Trinajstić information content (AvgIpc) is 2.57. The summed E-state index contributed by atoms with van der Waals surface area (Å²) >= 11 is 0. The number of ether oxygens (including phenoxy) is 2. The average molecular weight is 360 g/mol. The van der Waals surface area contributed by atoms with Gasteiger partial charge in [0.15, 0.2) is 12.6 Å². The first-order valence-electron chi connectivity index (χ1n) is 6.84. The molecule has 0 saturated carbocycles. The van der Waals surface area contributed by atoms with Gasteiger partial charge >= 0.3 is 0 Å². The molecule has 0 spiro atoms. The molecule has 24 heavy (non-hydrogen) atoms. The van der Waals surface area contributed by atoms with Crippen molar-refractivity contribution in [3.05, 3.63) is 0 Å². The lowest BCUT2D eigenvalue weighted by atomic mass is 9.98. The van der Waals surface area contributed by atoms with Crippen molar-refractivity contribution in [2.75, 3.05) is 13.2 Å². The second-order valence-electron chi connectivity index (χ2n) is 5.17. The van der Waals surface area contributed by atoms with Crippen molar-refractivity contribution >= 4 is 6.29 Å². The Morgan fingerprint density at radius 3 is 2.08 bits per heavy atom. The SMILES string of the molecule is O.O=CC(O)C(O)C(O[C@@H]1O[C@H](CO)[C@H](O)[C@H](O)[C@H]1O)C(O)CO. The number of aliphatic hydroxyl groups is 8. The highest BCUT2D eigenvalue weighted by molar-refractivity contribution is 5.56. The Balaban J connectivity index is 0.00000529. The first kappa shape index (κ1) is 23.2. The number of hydrogen-bond acceptors (Lipinski definition) is 11. The van der Waals surface area contributed by atoms with Gasteiger partial charge in [0.05, 0.1) is 13.2 Å². The molecule has 9 atom stereocenters. The lowest BCUT2D eigenvalue weighted by Gasteiger charge is -2.42. The first-order chi connectivity index (χ1) is 10.8. The van der Waals surface area contributed by atoms with Gasteiger partial charge in [-0.15, -0.1) is 0 Å². The van der Waals surface area contributed by atoms with E-state index in [1.54, 1.807) is 0 Å². The fraction of sp³-hybridized carbons (Fsp3) is 0.917. The van der Waals surface area contributed by atoms with Crippen LogP contribution >= 0.6 is 0 Å². The zero-order valence-corrected chi connectivity index (χ0v) is 12.5. The van der Waals surface area contributed by atoms with Gasteiger partial charge < -0.3 is 60.6 Å². The van der Waals surface area contributed by atoms with Crippen molar-refractivity contribution < 1.29 is 60.6 Å². The van der Waals surface area contributed by atoms with Crippen LogP contribution in [0, 0.1) is 0 Å². The summed E-state index contributed by atoms with van der Waals surface area (Å²) in [5.41, 5.74) is 0. The van der Waals surface area contributed by atoms with E-state index in [-0.39, 0.29) is 11.8 Å². The molecule has 12 heteroatoms. The van der Waals surface area contributed by atoms with Gasteiger partial charge in [0.25, 0.3) is 0 Å². The molecule has 12 nitrogen and oxygen atoms in total. The summed E-state index contributed by atoms with van der Waals surface area (Å²) in [7, 11) is 0. The number of carbonyl (C=O) groups is 1. The van der Waals surface area contributed by atoms with E-state index < -0.39 is 68.3 Å². The summed E-state index contributed by atoms with van der Waals surface area (Å²) < 4.78 is 10.1. The van der Waals surface area contributed by atoms with Crippen LogP contribution in [0.4, 0.5) is 0 Å². The number of rotatable bonds is 8. The van der Waals surface area contributed by atoms with Crippen molar-refractivity contribution in [1.29, 1.82) is 0 Å². The maximum Gasteiger partial charge on any atom is 0.187 e. The van der Waals surface area contributed by atoms with Gasteiger partial charge in [0.2, 0.25) is 0 Å². The maximum absolute atomic E-state index is 10.5. The van der Waals surface area contributed by atoms with Crippen molar-refractivity contribution in [1.82, 2.24) is 0 Å². The Kier molecular flexibility index (Phi) is 9.94. The number of carbonyl (C=O) groups excluding carboxylic acids is 1. The van der Waals surface area contributed by atoms with Crippen LogP contribution < -0.4 is 0 Å². The Morgan fingerprint density at radius 1 is 1.04 bits per heavy atom. The van der Waals surface area contributed by atoms with E-state index in [0.717, 1.165) is 0 Å². The van der Waals surface area contributed by atoms with Crippen molar-refractivity contribution in [3.8, 4) is 0 Å². The largest absolute Gasteiger partial charge is 0.412 e. The fourth-order valence-corrected chi connectivity index (χ4v) is 2.11. The lowest BCUT2D eigenvalue weighted by molar-refractivity contribution is -0.326. The highest BCUT2D eigenvalue weighted by Gasteiger charge is 2.46. The minimum atomic E-state index is -1.97. The molecular weight excluding hydrogens is 336 g/mol. The van der Waals surface area contributed by atoms with E-state index in [1.807, 2.05) is 0 Å². The highest BCUT2D eigenvalue weighted by Crippen LogP contribution is 2.24. The fourth-order valence-electron chi connectivity index (χ4n) is 2.11. The van der Waals surface area contributed by atoms with Crippen molar-refractivity contribution in [2.24, 2.45) is 0 Å². The van der Waals surface area contributed by atoms with Crippen LogP contribution in [0.15, 0.2) is 0 Å². The van der Waals surface area contributed by atoms with E-state index in [9.17, 15) is 35.4 Å². The molecule has 10 N–H and O–H groups in total. The normalized spacial score (nSPS) is 35.4. The maximum atomic E-state index is 10.5. The Labute approximate surface area is 136 Å². The van der Waals surface area contributed by atoms with Crippen molar-refractivity contribution in [2.45, 2.75) is 55.1 Å².